The van der Waals surface area contributed by atoms with Crippen molar-refractivity contribution in [2.75, 3.05) is 13.6 Å². The van der Waals surface area contributed by atoms with E-state index in [-0.39, 0.29) is 0 Å². The number of rotatable bonds is 2. The van der Waals surface area contributed by atoms with Gasteiger partial charge in [-0.1, -0.05) is 48.5 Å². The maximum atomic E-state index is 3.44. The Morgan fingerprint density at radius 1 is 0.909 bits per heavy atom. The van der Waals surface area contributed by atoms with Crippen molar-refractivity contribution in [1.82, 2.24) is 10.2 Å². The Bertz CT molecular complexity index is 631. The van der Waals surface area contributed by atoms with Gasteiger partial charge in [0.25, 0.3) is 0 Å². The maximum Gasteiger partial charge on any atom is 0.0610 e. The molecule has 2 nitrogen and oxygen atoms in total. The van der Waals surface area contributed by atoms with Crippen LogP contribution in [0, 0.1) is 0 Å². The van der Waals surface area contributed by atoms with Crippen LogP contribution in [0.25, 0.3) is 0 Å². The van der Waals surface area contributed by atoms with Crippen molar-refractivity contribution in [2.45, 2.75) is 37.9 Å². The quantitative estimate of drug-likeness (QED) is 0.914. The van der Waals surface area contributed by atoms with Crippen LogP contribution in [-0.2, 0) is 12.8 Å². The number of benzene rings is 2. The molecule has 0 unspecified atom stereocenters. The first-order valence-corrected chi connectivity index (χ1v) is 8.38. The fourth-order valence-electron chi connectivity index (χ4n) is 4.16. The lowest BCUT2D eigenvalue weighted by Crippen LogP contribution is -2.64. The first kappa shape index (κ1) is 14.0. The van der Waals surface area contributed by atoms with E-state index in [0.717, 1.165) is 19.4 Å². The van der Waals surface area contributed by atoms with Gasteiger partial charge in [0, 0.05) is 18.6 Å². The number of likely N-dealkylation sites (tertiary alicyclic amines) is 1. The van der Waals surface area contributed by atoms with Crippen molar-refractivity contribution in [1.29, 1.82) is 0 Å². The SMILES string of the molecule is CN[C@@H]1CN(C2c3ccccc3CCc3ccccc32)[C@@H]1C. The maximum absolute atomic E-state index is 3.44. The van der Waals surface area contributed by atoms with Gasteiger partial charge in [0.05, 0.1) is 6.04 Å². The molecule has 2 heteroatoms. The first-order valence-electron chi connectivity index (χ1n) is 8.38. The van der Waals surface area contributed by atoms with Gasteiger partial charge in [0.2, 0.25) is 0 Å². The van der Waals surface area contributed by atoms with Crippen molar-refractivity contribution < 1.29 is 0 Å². The molecule has 1 heterocycles. The molecule has 4 rings (SSSR count). The molecule has 0 saturated carbocycles. The summed E-state index contributed by atoms with van der Waals surface area (Å²) < 4.78 is 0. The van der Waals surface area contributed by atoms with Gasteiger partial charge in [-0.2, -0.15) is 0 Å². The monoisotopic (exact) mass is 292 g/mol. The molecular formula is C20H24N2. The lowest BCUT2D eigenvalue weighted by atomic mass is 9.86. The minimum Gasteiger partial charge on any atom is -0.314 e. The smallest absolute Gasteiger partial charge is 0.0610 e. The Morgan fingerprint density at radius 3 is 1.95 bits per heavy atom. The van der Waals surface area contributed by atoms with E-state index >= 15 is 0 Å². The summed E-state index contributed by atoms with van der Waals surface area (Å²) in [7, 11) is 2.08. The molecule has 2 aromatic rings. The molecule has 1 aliphatic heterocycles. The van der Waals surface area contributed by atoms with Gasteiger partial charge < -0.3 is 5.32 Å². The van der Waals surface area contributed by atoms with Gasteiger partial charge in [0.1, 0.15) is 0 Å². The average molecular weight is 292 g/mol. The summed E-state index contributed by atoms with van der Waals surface area (Å²) in [6, 6.07) is 19.7. The number of hydrogen-bond acceptors (Lipinski definition) is 2. The Morgan fingerprint density at radius 2 is 1.45 bits per heavy atom. The number of aryl methyl sites for hydroxylation is 2. The van der Waals surface area contributed by atoms with Crippen molar-refractivity contribution in [3.63, 3.8) is 0 Å². The number of likely N-dealkylation sites (N-methyl/N-ethyl adjacent to an activating group) is 1. The zero-order chi connectivity index (χ0) is 15.1. The summed E-state index contributed by atoms with van der Waals surface area (Å²) in [6.45, 7) is 3.48. The highest BCUT2D eigenvalue weighted by molar-refractivity contribution is 5.45. The number of nitrogens with zero attached hydrogens (tertiary/aromatic N) is 1. The largest absolute Gasteiger partial charge is 0.314 e. The molecule has 114 valence electrons. The van der Waals surface area contributed by atoms with Crippen LogP contribution in [0.2, 0.25) is 0 Å². The van der Waals surface area contributed by atoms with Gasteiger partial charge in [-0.05, 0) is 49.1 Å². The fourth-order valence-corrected chi connectivity index (χ4v) is 4.16. The van der Waals surface area contributed by atoms with Crippen LogP contribution >= 0.6 is 0 Å². The van der Waals surface area contributed by atoms with Crippen LogP contribution < -0.4 is 5.32 Å². The third kappa shape index (κ3) is 2.10. The van der Waals surface area contributed by atoms with Gasteiger partial charge >= 0.3 is 0 Å². The molecule has 0 aromatic heterocycles. The van der Waals surface area contributed by atoms with E-state index in [1.807, 2.05) is 0 Å². The summed E-state index contributed by atoms with van der Waals surface area (Å²) >= 11 is 0. The van der Waals surface area contributed by atoms with Crippen LogP contribution in [0.5, 0.6) is 0 Å². The second-order valence-electron chi connectivity index (χ2n) is 6.63. The molecule has 0 bridgehead atoms. The molecule has 1 aliphatic carbocycles. The van der Waals surface area contributed by atoms with Gasteiger partial charge in [0.15, 0.2) is 0 Å². The van der Waals surface area contributed by atoms with E-state index in [1.54, 1.807) is 0 Å². The van der Waals surface area contributed by atoms with Gasteiger partial charge in [-0.25, -0.2) is 0 Å². The highest BCUT2D eigenvalue weighted by Crippen LogP contribution is 2.40. The van der Waals surface area contributed by atoms with E-state index in [4.69, 9.17) is 0 Å². The van der Waals surface area contributed by atoms with Crippen LogP contribution in [0.1, 0.15) is 35.2 Å². The first-order chi connectivity index (χ1) is 10.8. The molecule has 2 aliphatic rings. The standard InChI is InChI=1S/C20H24N2/c1-14-19(21-2)13-22(14)20-17-9-5-3-7-15(17)11-12-16-8-4-6-10-18(16)20/h3-10,14,19-21H,11-13H2,1-2H3/t14-,19-/m1/s1. The lowest BCUT2D eigenvalue weighted by molar-refractivity contribution is 0.0298. The van der Waals surface area contributed by atoms with E-state index < -0.39 is 0 Å². The topological polar surface area (TPSA) is 15.3 Å². The Kier molecular flexibility index (Phi) is 3.51. The third-order valence-electron chi connectivity index (χ3n) is 5.58. The second-order valence-corrected chi connectivity index (χ2v) is 6.63. The van der Waals surface area contributed by atoms with E-state index in [9.17, 15) is 0 Å². The summed E-state index contributed by atoms with van der Waals surface area (Å²) in [5.41, 5.74) is 6.05. The van der Waals surface area contributed by atoms with Crippen LogP contribution in [0.15, 0.2) is 48.5 Å². The predicted octanol–water partition coefficient (Wildman–Crippen LogP) is 3.17. The van der Waals surface area contributed by atoms with Crippen LogP contribution in [0.3, 0.4) is 0 Å². The molecule has 0 amide bonds. The Hall–Kier alpha value is -1.64. The summed E-state index contributed by atoms with van der Waals surface area (Å²) in [5, 5.41) is 3.44. The summed E-state index contributed by atoms with van der Waals surface area (Å²) in [5.74, 6) is 0. The zero-order valence-electron chi connectivity index (χ0n) is 13.4. The second kappa shape index (κ2) is 5.53. The molecule has 0 radical (unpaired) electrons. The highest BCUT2D eigenvalue weighted by atomic mass is 15.3. The minimum absolute atomic E-state index is 0.412. The molecule has 1 N–H and O–H groups in total. The Balaban J connectivity index is 1.82. The number of fused-ring (bicyclic) bond motifs is 2. The molecule has 2 aromatic carbocycles. The summed E-state index contributed by atoms with van der Waals surface area (Å²) in [4.78, 5) is 2.66. The average Bonchev–Trinajstić information content (AvgIpc) is 2.72. The molecular weight excluding hydrogens is 268 g/mol. The van der Waals surface area contributed by atoms with Gasteiger partial charge in [-0.3, -0.25) is 4.90 Å². The fraction of sp³-hybridized carbons (Fsp3) is 0.400. The third-order valence-corrected chi connectivity index (χ3v) is 5.58. The van der Waals surface area contributed by atoms with Gasteiger partial charge in [-0.15, -0.1) is 0 Å². The highest BCUT2D eigenvalue weighted by Gasteiger charge is 2.41. The van der Waals surface area contributed by atoms with E-state index in [1.165, 1.54) is 22.3 Å². The molecule has 22 heavy (non-hydrogen) atoms. The lowest BCUT2D eigenvalue weighted by Gasteiger charge is -2.51. The predicted molar refractivity (Wildman–Crippen MR) is 91.2 cm³/mol. The molecule has 2 atom stereocenters. The van der Waals surface area contributed by atoms with Crippen molar-refractivity contribution in [2.24, 2.45) is 0 Å². The normalized spacial score (nSPS) is 25.0. The molecule has 1 saturated heterocycles. The number of hydrogen-bond donors (Lipinski definition) is 1. The molecule has 0 spiro atoms. The molecule has 1 fully saturated rings. The summed E-state index contributed by atoms with van der Waals surface area (Å²) in [6.07, 6.45) is 2.31. The van der Waals surface area contributed by atoms with Crippen LogP contribution in [0.4, 0.5) is 0 Å². The van der Waals surface area contributed by atoms with E-state index in [0.29, 0.717) is 18.1 Å². The Labute approximate surface area is 133 Å². The van der Waals surface area contributed by atoms with Crippen molar-refractivity contribution in [3.8, 4) is 0 Å². The van der Waals surface area contributed by atoms with Crippen LogP contribution in [-0.4, -0.2) is 30.6 Å². The zero-order valence-corrected chi connectivity index (χ0v) is 13.4. The van der Waals surface area contributed by atoms with E-state index in [2.05, 4.69) is 72.7 Å². The minimum atomic E-state index is 0.412. The number of nitrogens with one attached hydrogen (secondary N) is 1. The van der Waals surface area contributed by atoms with Crippen molar-refractivity contribution >= 4 is 0 Å². The van der Waals surface area contributed by atoms with Crippen molar-refractivity contribution in [3.05, 3.63) is 70.8 Å².